The van der Waals surface area contributed by atoms with Gasteiger partial charge in [-0.3, -0.25) is 4.79 Å². The van der Waals surface area contributed by atoms with Crippen molar-refractivity contribution in [2.24, 2.45) is 0 Å². The highest BCUT2D eigenvalue weighted by molar-refractivity contribution is 7.17. The van der Waals surface area contributed by atoms with E-state index in [1.54, 1.807) is 31.2 Å². The number of benzene rings is 2. The minimum atomic E-state index is -0.667. The number of fused-ring (bicyclic) bond motifs is 1. The molecule has 8 heteroatoms. The Labute approximate surface area is 208 Å². The largest absolute Gasteiger partial charge is 0.488 e. The van der Waals surface area contributed by atoms with Crippen molar-refractivity contribution >= 4 is 34.2 Å². The lowest BCUT2D eigenvalue weighted by Gasteiger charge is -2.12. The van der Waals surface area contributed by atoms with Crippen molar-refractivity contribution in [1.29, 1.82) is 0 Å². The molecule has 0 saturated carbocycles. The average Bonchev–Trinajstić information content (AvgIpc) is 3.24. The number of thiophene rings is 1. The molecule has 0 saturated heterocycles. The van der Waals surface area contributed by atoms with Crippen LogP contribution < -0.4 is 10.1 Å². The fourth-order valence-electron chi connectivity index (χ4n) is 3.94. The minimum Gasteiger partial charge on any atom is -0.488 e. The van der Waals surface area contributed by atoms with Crippen LogP contribution in [0.4, 0.5) is 5.00 Å². The van der Waals surface area contributed by atoms with Crippen molar-refractivity contribution in [2.45, 2.75) is 39.2 Å². The second-order valence-electron chi connectivity index (χ2n) is 8.03. The fourth-order valence-corrected chi connectivity index (χ4v) is 5.23. The molecule has 1 N–H and O–H groups in total. The number of esters is 2. The summed E-state index contributed by atoms with van der Waals surface area (Å²) in [6.45, 7) is 1.80. The molecule has 1 aliphatic rings. The van der Waals surface area contributed by atoms with Gasteiger partial charge in [0.1, 0.15) is 22.9 Å². The van der Waals surface area contributed by atoms with Gasteiger partial charge >= 0.3 is 11.9 Å². The Bertz CT molecular complexity index is 1200. The Morgan fingerprint density at radius 3 is 2.46 bits per heavy atom. The first kappa shape index (κ1) is 24.5. The van der Waals surface area contributed by atoms with Crippen molar-refractivity contribution in [3.63, 3.8) is 0 Å². The highest BCUT2D eigenvalue weighted by Gasteiger charge is 2.27. The Hall–Kier alpha value is -3.65. The lowest BCUT2D eigenvalue weighted by atomic mass is 9.95. The summed E-state index contributed by atoms with van der Waals surface area (Å²) >= 11 is 1.39. The van der Waals surface area contributed by atoms with E-state index in [0.29, 0.717) is 22.9 Å². The molecule has 2 aromatic carbocycles. The maximum atomic E-state index is 12.7. The highest BCUT2D eigenvalue weighted by Crippen LogP contribution is 2.38. The number of carbonyl (C=O) groups is 3. The first-order chi connectivity index (χ1) is 17.1. The van der Waals surface area contributed by atoms with E-state index in [0.717, 1.165) is 41.7 Å². The Kier molecular flexibility index (Phi) is 8.15. The molecule has 0 aliphatic heterocycles. The summed E-state index contributed by atoms with van der Waals surface area (Å²) in [5, 5.41) is 3.19. The molecule has 1 aromatic heterocycles. The lowest BCUT2D eigenvalue weighted by Crippen LogP contribution is -2.22. The van der Waals surface area contributed by atoms with E-state index >= 15 is 0 Å². The molecule has 0 fully saturated rings. The zero-order valence-corrected chi connectivity index (χ0v) is 20.3. The summed E-state index contributed by atoms with van der Waals surface area (Å²) in [5.41, 5.74) is 2.57. The molecule has 7 nitrogen and oxygen atoms in total. The van der Waals surface area contributed by atoms with Gasteiger partial charge in [0.2, 0.25) is 0 Å². The predicted molar refractivity (Wildman–Crippen MR) is 133 cm³/mol. The third-order valence-electron chi connectivity index (χ3n) is 5.58. The minimum absolute atomic E-state index is 0.232. The quantitative estimate of drug-likeness (QED) is 0.413. The van der Waals surface area contributed by atoms with E-state index in [4.69, 9.17) is 14.2 Å². The van der Waals surface area contributed by atoms with Gasteiger partial charge in [0.25, 0.3) is 5.91 Å². The van der Waals surface area contributed by atoms with Gasteiger partial charge in [-0.2, -0.15) is 0 Å². The first-order valence-electron chi connectivity index (χ1n) is 11.6. The molecule has 4 rings (SSSR count). The summed E-state index contributed by atoms with van der Waals surface area (Å²) in [5.74, 6) is -1.26. The number of rotatable bonds is 9. The normalized spacial score (nSPS) is 12.4. The third-order valence-corrected chi connectivity index (χ3v) is 6.79. The molecular formula is C27H27NO6S. The van der Waals surface area contributed by atoms with Gasteiger partial charge in [0, 0.05) is 4.88 Å². The molecule has 1 amide bonds. The maximum absolute atomic E-state index is 12.7. The number of nitrogens with one attached hydrogen (secondary N) is 1. The van der Waals surface area contributed by atoms with E-state index in [-0.39, 0.29) is 12.2 Å². The standard InChI is InChI=1S/C27H27NO6S/c1-2-32-27(31)24-20-13-7-9-15-22(20)35-25(24)28-23(29)17-34-26(30)19-12-6-8-14-21(19)33-16-18-10-4-3-5-11-18/h3-6,8,10-12,14H,2,7,9,13,15-17H2,1H3,(H,28,29). The van der Waals surface area contributed by atoms with Crippen molar-refractivity contribution in [3.05, 3.63) is 81.7 Å². The van der Waals surface area contributed by atoms with Crippen LogP contribution in [-0.4, -0.2) is 31.1 Å². The number of aryl methyl sites for hydroxylation is 1. The molecule has 0 unspecified atom stereocenters. The van der Waals surface area contributed by atoms with Crippen LogP contribution in [0, 0.1) is 0 Å². The van der Waals surface area contributed by atoms with Gasteiger partial charge in [-0.15, -0.1) is 11.3 Å². The Balaban J connectivity index is 1.40. The molecule has 0 bridgehead atoms. The van der Waals surface area contributed by atoms with E-state index in [2.05, 4.69) is 5.32 Å². The first-order valence-corrected chi connectivity index (χ1v) is 12.4. The summed E-state index contributed by atoms with van der Waals surface area (Å²) in [6, 6.07) is 16.3. The number of amides is 1. The van der Waals surface area contributed by atoms with Crippen molar-refractivity contribution < 1.29 is 28.6 Å². The van der Waals surface area contributed by atoms with Gasteiger partial charge in [-0.05, 0) is 55.9 Å². The zero-order valence-electron chi connectivity index (χ0n) is 19.5. The maximum Gasteiger partial charge on any atom is 0.342 e. The van der Waals surface area contributed by atoms with E-state index in [1.165, 1.54) is 11.3 Å². The number of hydrogen-bond donors (Lipinski definition) is 1. The topological polar surface area (TPSA) is 90.9 Å². The molecule has 1 heterocycles. The van der Waals surface area contributed by atoms with Gasteiger partial charge in [0.15, 0.2) is 6.61 Å². The summed E-state index contributed by atoms with van der Waals surface area (Å²) in [6.07, 6.45) is 3.70. The molecule has 1 aliphatic carbocycles. The number of carbonyl (C=O) groups excluding carboxylic acids is 3. The van der Waals surface area contributed by atoms with Crippen molar-refractivity contribution in [1.82, 2.24) is 0 Å². The van der Waals surface area contributed by atoms with E-state index in [9.17, 15) is 14.4 Å². The Morgan fingerprint density at radius 2 is 1.66 bits per heavy atom. The van der Waals surface area contributed by atoms with Crippen LogP contribution in [0.2, 0.25) is 0 Å². The van der Waals surface area contributed by atoms with Crippen LogP contribution in [0.5, 0.6) is 5.75 Å². The number of ether oxygens (including phenoxy) is 3. The van der Waals surface area contributed by atoms with Crippen LogP contribution in [0.25, 0.3) is 0 Å². The van der Waals surface area contributed by atoms with Crippen LogP contribution in [0.3, 0.4) is 0 Å². The second kappa shape index (κ2) is 11.7. The van der Waals surface area contributed by atoms with Gasteiger partial charge in [-0.25, -0.2) is 9.59 Å². The van der Waals surface area contributed by atoms with Gasteiger partial charge < -0.3 is 19.5 Å². The van der Waals surface area contributed by atoms with E-state index < -0.39 is 24.5 Å². The fraction of sp³-hybridized carbons (Fsp3) is 0.296. The SMILES string of the molecule is CCOC(=O)c1c(NC(=O)COC(=O)c2ccccc2OCc2ccccc2)sc2c1CCCC2. The molecular weight excluding hydrogens is 466 g/mol. The van der Waals surface area contributed by atoms with E-state index in [1.807, 2.05) is 30.3 Å². The molecule has 35 heavy (non-hydrogen) atoms. The second-order valence-corrected chi connectivity index (χ2v) is 9.14. The average molecular weight is 494 g/mol. The molecule has 3 aromatic rings. The monoisotopic (exact) mass is 493 g/mol. The van der Waals surface area contributed by atoms with Crippen LogP contribution >= 0.6 is 11.3 Å². The molecule has 0 radical (unpaired) electrons. The summed E-state index contributed by atoms with van der Waals surface area (Å²) < 4.78 is 16.3. The number of para-hydroxylation sites is 1. The number of hydrogen-bond acceptors (Lipinski definition) is 7. The zero-order chi connectivity index (χ0) is 24.6. The van der Waals surface area contributed by atoms with Gasteiger partial charge in [0.05, 0.1) is 12.2 Å². The molecule has 0 atom stereocenters. The molecule has 182 valence electrons. The van der Waals surface area contributed by atoms with Crippen LogP contribution in [0.15, 0.2) is 54.6 Å². The van der Waals surface area contributed by atoms with Crippen LogP contribution in [0.1, 0.15) is 56.5 Å². The van der Waals surface area contributed by atoms with Crippen molar-refractivity contribution in [2.75, 3.05) is 18.5 Å². The van der Waals surface area contributed by atoms with Gasteiger partial charge in [-0.1, -0.05) is 42.5 Å². The highest BCUT2D eigenvalue weighted by atomic mass is 32.1. The number of anilines is 1. The third kappa shape index (κ3) is 6.08. The van der Waals surface area contributed by atoms with Crippen molar-refractivity contribution in [3.8, 4) is 5.75 Å². The lowest BCUT2D eigenvalue weighted by molar-refractivity contribution is -0.119. The smallest absolute Gasteiger partial charge is 0.342 e. The Morgan fingerprint density at radius 1 is 0.914 bits per heavy atom. The molecule has 0 spiro atoms. The predicted octanol–water partition coefficient (Wildman–Crippen LogP) is 5.18. The van der Waals surface area contributed by atoms with Crippen LogP contribution in [-0.2, 0) is 33.7 Å². The summed E-state index contributed by atoms with van der Waals surface area (Å²) in [4.78, 5) is 39.0. The summed E-state index contributed by atoms with van der Waals surface area (Å²) in [7, 11) is 0.